The third-order valence-electron chi connectivity index (χ3n) is 3.07. The van der Waals surface area contributed by atoms with Gasteiger partial charge in [0.2, 0.25) is 0 Å². The highest BCUT2D eigenvalue weighted by Gasteiger charge is 2.10. The summed E-state index contributed by atoms with van der Waals surface area (Å²) in [6, 6.07) is 9.76. The van der Waals surface area contributed by atoms with Gasteiger partial charge >= 0.3 is 5.69 Å². The van der Waals surface area contributed by atoms with E-state index in [0.717, 1.165) is 10.1 Å². The molecule has 0 atom stereocenters. The molecule has 2 heterocycles. The average Bonchev–Trinajstić information content (AvgIpc) is 2.80. The van der Waals surface area contributed by atoms with Crippen molar-refractivity contribution in [3.05, 3.63) is 63.1 Å². The van der Waals surface area contributed by atoms with E-state index in [9.17, 15) is 9.59 Å². The number of nitrogens with zero attached hydrogens (tertiary/aromatic N) is 3. The van der Waals surface area contributed by atoms with E-state index in [-0.39, 0.29) is 5.56 Å². The Morgan fingerprint density at radius 3 is 2.68 bits per heavy atom. The molecule has 6 nitrogen and oxygen atoms in total. The number of benzene rings is 1. The topological polar surface area (TPSA) is 72.7 Å². The van der Waals surface area contributed by atoms with Gasteiger partial charge in [-0.25, -0.2) is 9.78 Å². The quantitative estimate of drug-likeness (QED) is 0.724. The second-order valence-electron chi connectivity index (χ2n) is 4.35. The summed E-state index contributed by atoms with van der Waals surface area (Å²) in [5.41, 5.74) is 1.000. The molecule has 0 saturated heterocycles. The Hall–Kier alpha value is -2.63. The minimum atomic E-state index is -0.456. The van der Waals surface area contributed by atoms with Gasteiger partial charge in [0.15, 0.2) is 11.2 Å². The number of nitrogens with one attached hydrogen (secondary N) is 1. The molecular weight excluding hydrogens is 244 g/mol. The zero-order valence-electron chi connectivity index (χ0n) is 10.3. The van der Waals surface area contributed by atoms with E-state index < -0.39 is 5.69 Å². The number of aromatic amines is 1. The lowest BCUT2D eigenvalue weighted by Crippen LogP contribution is -2.33. The highest BCUT2D eigenvalue weighted by atomic mass is 16.2. The van der Waals surface area contributed by atoms with Crippen LogP contribution in [0.5, 0.6) is 0 Å². The van der Waals surface area contributed by atoms with Crippen LogP contribution in [0.3, 0.4) is 0 Å². The highest BCUT2D eigenvalue weighted by Crippen LogP contribution is 2.07. The van der Waals surface area contributed by atoms with Gasteiger partial charge in [-0.15, -0.1) is 0 Å². The summed E-state index contributed by atoms with van der Waals surface area (Å²) in [4.78, 5) is 30.2. The summed E-state index contributed by atoms with van der Waals surface area (Å²) in [5.74, 6) is 0. The molecule has 6 heteroatoms. The van der Waals surface area contributed by atoms with Crippen molar-refractivity contribution in [3.63, 3.8) is 0 Å². The summed E-state index contributed by atoms with van der Waals surface area (Å²) in [7, 11) is 1.44. The lowest BCUT2D eigenvalue weighted by atomic mass is 10.2. The summed E-state index contributed by atoms with van der Waals surface area (Å²) >= 11 is 0. The molecule has 0 aliphatic heterocycles. The molecule has 0 aliphatic rings. The Kier molecular flexibility index (Phi) is 2.56. The third kappa shape index (κ3) is 1.87. The van der Waals surface area contributed by atoms with Crippen molar-refractivity contribution >= 4 is 11.2 Å². The van der Waals surface area contributed by atoms with Gasteiger partial charge in [-0.05, 0) is 5.56 Å². The van der Waals surface area contributed by atoms with Crippen molar-refractivity contribution in [2.24, 2.45) is 7.05 Å². The molecule has 19 heavy (non-hydrogen) atoms. The molecule has 3 aromatic rings. The maximum absolute atomic E-state index is 12.1. The minimum Gasteiger partial charge on any atom is -0.320 e. The van der Waals surface area contributed by atoms with Crippen LogP contribution in [0.1, 0.15) is 5.56 Å². The number of hydrogen-bond acceptors (Lipinski definition) is 3. The van der Waals surface area contributed by atoms with E-state index >= 15 is 0 Å². The molecule has 0 radical (unpaired) electrons. The first-order chi connectivity index (χ1) is 9.16. The molecule has 0 unspecified atom stereocenters. The number of aromatic nitrogens is 4. The first-order valence-electron chi connectivity index (χ1n) is 5.85. The number of H-pyrrole nitrogens is 1. The largest absolute Gasteiger partial charge is 0.329 e. The number of imidazole rings is 1. The Bertz CT molecular complexity index is 842. The molecule has 3 rings (SSSR count). The van der Waals surface area contributed by atoms with Gasteiger partial charge in [0.25, 0.3) is 5.56 Å². The number of fused-ring (bicyclic) bond motifs is 1. The van der Waals surface area contributed by atoms with Crippen LogP contribution in [0.25, 0.3) is 11.2 Å². The zero-order chi connectivity index (χ0) is 13.4. The zero-order valence-corrected chi connectivity index (χ0v) is 10.3. The Balaban J connectivity index is 2.19. The molecule has 1 N–H and O–H groups in total. The van der Waals surface area contributed by atoms with E-state index in [1.807, 2.05) is 30.3 Å². The molecule has 0 amide bonds. The lowest BCUT2D eigenvalue weighted by Gasteiger charge is -2.04. The smallest absolute Gasteiger partial charge is 0.320 e. The average molecular weight is 256 g/mol. The fourth-order valence-electron chi connectivity index (χ4n) is 2.03. The van der Waals surface area contributed by atoms with Crippen molar-refractivity contribution in [3.8, 4) is 0 Å². The first-order valence-corrected chi connectivity index (χ1v) is 5.85. The van der Waals surface area contributed by atoms with Gasteiger partial charge in [0, 0.05) is 13.6 Å². The molecule has 96 valence electrons. The molecule has 0 spiro atoms. The number of hydrogen-bond donors (Lipinski definition) is 1. The molecule has 0 bridgehead atoms. The summed E-state index contributed by atoms with van der Waals surface area (Å²) < 4.78 is 2.79. The summed E-state index contributed by atoms with van der Waals surface area (Å²) in [5, 5.41) is 0. The van der Waals surface area contributed by atoms with E-state index in [0.29, 0.717) is 17.7 Å². The van der Waals surface area contributed by atoms with E-state index in [1.165, 1.54) is 7.05 Å². The van der Waals surface area contributed by atoms with Gasteiger partial charge in [0.1, 0.15) is 0 Å². The summed E-state index contributed by atoms with van der Waals surface area (Å²) in [6.07, 6.45) is 1.56. The van der Waals surface area contributed by atoms with Crippen LogP contribution in [-0.4, -0.2) is 19.1 Å². The maximum atomic E-state index is 12.1. The molecule has 1 aromatic carbocycles. The third-order valence-corrected chi connectivity index (χ3v) is 3.07. The van der Waals surface area contributed by atoms with Crippen LogP contribution in [0.2, 0.25) is 0 Å². The van der Waals surface area contributed by atoms with Crippen LogP contribution in [0.4, 0.5) is 0 Å². The fraction of sp³-hybridized carbons (Fsp3) is 0.154. The predicted molar refractivity (Wildman–Crippen MR) is 71.1 cm³/mol. The van der Waals surface area contributed by atoms with Crippen molar-refractivity contribution in [2.45, 2.75) is 6.54 Å². The van der Waals surface area contributed by atoms with Gasteiger partial charge in [-0.2, -0.15) is 0 Å². The van der Waals surface area contributed by atoms with Gasteiger partial charge in [-0.1, -0.05) is 30.3 Å². The van der Waals surface area contributed by atoms with Gasteiger partial charge in [0.05, 0.1) is 6.33 Å². The van der Waals surface area contributed by atoms with Gasteiger partial charge < -0.3 is 4.57 Å². The van der Waals surface area contributed by atoms with Crippen LogP contribution < -0.4 is 11.2 Å². The molecule has 0 aliphatic carbocycles. The molecule has 0 fully saturated rings. The van der Waals surface area contributed by atoms with Crippen LogP contribution in [0.15, 0.2) is 46.2 Å². The van der Waals surface area contributed by atoms with Crippen molar-refractivity contribution < 1.29 is 0 Å². The monoisotopic (exact) mass is 256 g/mol. The maximum Gasteiger partial charge on any atom is 0.329 e. The van der Waals surface area contributed by atoms with E-state index in [2.05, 4.69) is 9.97 Å². The van der Waals surface area contributed by atoms with Crippen molar-refractivity contribution in [1.82, 2.24) is 19.1 Å². The van der Waals surface area contributed by atoms with E-state index in [4.69, 9.17) is 0 Å². The van der Waals surface area contributed by atoms with Crippen LogP contribution in [-0.2, 0) is 13.6 Å². The van der Waals surface area contributed by atoms with Crippen molar-refractivity contribution in [2.75, 3.05) is 0 Å². The standard InChI is InChI=1S/C13H12N4O2/c1-16-12(18)10-11(15-13(16)19)14-8-17(10)7-9-5-3-2-4-6-9/h2-6,8H,7H2,1H3,(H,15,19). The first kappa shape index (κ1) is 11.5. The Morgan fingerprint density at radius 1 is 1.21 bits per heavy atom. The fourth-order valence-corrected chi connectivity index (χ4v) is 2.03. The van der Waals surface area contributed by atoms with Crippen molar-refractivity contribution in [1.29, 1.82) is 0 Å². The SMILES string of the molecule is Cn1c(=O)[nH]c2ncn(Cc3ccccc3)c2c1=O. The van der Waals surface area contributed by atoms with Crippen LogP contribution in [0, 0.1) is 0 Å². The Labute approximate surface area is 108 Å². The lowest BCUT2D eigenvalue weighted by molar-refractivity contribution is 0.768. The van der Waals surface area contributed by atoms with E-state index in [1.54, 1.807) is 10.9 Å². The molecule has 0 saturated carbocycles. The van der Waals surface area contributed by atoms with Crippen LogP contribution >= 0.6 is 0 Å². The molecular formula is C13H12N4O2. The highest BCUT2D eigenvalue weighted by molar-refractivity contribution is 5.69. The number of rotatable bonds is 2. The second kappa shape index (κ2) is 4.24. The Morgan fingerprint density at radius 2 is 1.95 bits per heavy atom. The van der Waals surface area contributed by atoms with Gasteiger partial charge in [-0.3, -0.25) is 14.3 Å². The molecule has 2 aromatic heterocycles. The second-order valence-corrected chi connectivity index (χ2v) is 4.35. The minimum absolute atomic E-state index is 0.323. The summed E-state index contributed by atoms with van der Waals surface area (Å²) in [6.45, 7) is 0.540. The predicted octanol–water partition coefficient (Wildman–Crippen LogP) is 0.472. The normalized spacial score (nSPS) is 11.0.